The predicted octanol–water partition coefficient (Wildman–Crippen LogP) is 1.43. The number of carbonyl (C=O) groups excluding carboxylic acids is 2. The molecule has 0 aliphatic rings. The summed E-state index contributed by atoms with van der Waals surface area (Å²) in [7, 11) is -3.49. The molecule has 0 spiro atoms. The van der Waals surface area contributed by atoms with Gasteiger partial charge in [-0.2, -0.15) is 4.31 Å². The molecule has 0 atom stereocenters. The van der Waals surface area contributed by atoms with E-state index in [4.69, 9.17) is 0 Å². The standard InChI is InChI=1S/C18H30N4O4S/c1-6-22(7-2)27(25,26)15-10-8-14(9-11-15)12-19-17(24)20-13-16(23)21-18(3,4)5/h8-11H,6-7,12-13H2,1-5H3,(H,21,23)(H2,19,20,24). The van der Waals surface area contributed by atoms with Crippen molar-refractivity contribution >= 4 is 22.0 Å². The number of sulfonamides is 1. The summed E-state index contributed by atoms with van der Waals surface area (Å²) in [5, 5.41) is 7.85. The molecule has 1 rings (SSSR count). The van der Waals surface area contributed by atoms with Gasteiger partial charge >= 0.3 is 6.03 Å². The minimum absolute atomic E-state index is 0.121. The summed E-state index contributed by atoms with van der Waals surface area (Å²) >= 11 is 0. The average Bonchev–Trinajstić information content (AvgIpc) is 2.58. The van der Waals surface area contributed by atoms with Gasteiger partial charge in [-0.05, 0) is 38.5 Å². The van der Waals surface area contributed by atoms with E-state index in [9.17, 15) is 18.0 Å². The molecule has 27 heavy (non-hydrogen) atoms. The maximum atomic E-state index is 12.4. The highest BCUT2D eigenvalue weighted by Crippen LogP contribution is 2.16. The lowest BCUT2D eigenvalue weighted by Crippen LogP contribution is -2.47. The molecule has 0 saturated carbocycles. The first-order valence-electron chi connectivity index (χ1n) is 8.91. The molecule has 3 N–H and O–H groups in total. The van der Waals surface area contributed by atoms with Crippen LogP contribution in [-0.4, -0.2) is 49.8 Å². The van der Waals surface area contributed by atoms with E-state index >= 15 is 0 Å². The van der Waals surface area contributed by atoms with Crippen molar-refractivity contribution in [2.75, 3.05) is 19.6 Å². The molecule has 0 saturated heterocycles. The maximum absolute atomic E-state index is 12.4. The van der Waals surface area contributed by atoms with Crippen LogP contribution in [0.5, 0.6) is 0 Å². The van der Waals surface area contributed by atoms with E-state index < -0.39 is 16.1 Å². The Balaban J connectivity index is 2.55. The molecule has 0 fully saturated rings. The summed E-state index contributed by atoms with van der Waals surface area (Å²) < 4.78 is 26.2. The summed E-state index contributed by atoms with van der Waals surface area (Å²) in [6.45, 7) is 10.1. The van der Waals surface area contributed by atoms with Gasteiger partial charge in [0.2, 0.25) is 15.9 Å². The number of amides is 3. The van der Waals surface area contributed by atoms with Gasteiger partial charge < -0.3 is 16.0 Å². The van der Waals surface area contributed by atoms with Crippen molar-refractivity contribution in [2.24, 2.45) is 0 Å². The summed E-state index contributed by atoms with van der Waals surface area (Å²) in [4.78, 5) is 23.7. The van der Waals surface area contributed by atoms with Gasteiger partial charge in [-0.1, -0.05) is 26.0 Å². The van der Waals surface area contributed by atoms with Gasteiger partial charge in [-0.25, -0.2) is 13.2 Å². The highest BCUT2D eigenvalue weighted by Gasteiger charge is 2.21. The van der Waals surface area contributed by atoms with Crippen molar-refractivity contribution in [3.8, 4) is 0 Å². The zero-order valence-corrected chi connectivity index (χ0v) is 17.4. The van der Waals surface area contributed by atoms with Crippen molar-refractivity contribution in [2.45, 2.75) is 51.6 Å². The SMILES string of the molecule is CCN(CC)S(=O)(=O)c1ccc(CNC(=O)NCC(=O)NC(C)(C)C)cc1. The Morgan fingerprint density at radius 3 is 2.04 bits per heavy atom. The average molecular weight is 399 g/mol. The van der Waals surface area contributed by atoms with Crippen LogP contribution < -0.4 is 16.0 Å². The Kier molecular flexibility index (Phi) is 8.23. The molecular weight excluding hydrogens is 368 g/mol. The minimum atomic E-state index is -3.49. The van der Waals surface area contributed by atoms with Crippen LogP contribution >= 0.6 is 0 Å². The smallest absolute Gasteiger partial charge is 0.315 e. The topological polar surface area (TPSA) is 108 Å². The second kappa shape index (κ2) is 9.70. The molecule has 0 aliphatic carbocycles. The summed E-state index contributed by atoms with van der Waals surface area (Å²) in [6, 6.07) is 5.89. The van der Waals surface area contributed by atoms with Gasteiger partial charge in [-0.3, -0.25) is 4.79 Å². The second-order valence-corrected chi connectivity index (χ2v) is 9.01. The van der Waals surface area contributed by atoms with Crippen LogP contribution in [0.15, 0.2) is 29.2 Å². The van der Waals surface area contributed by atoms with Gasteiger partial charge in [-0.15, -0.1) is 0 Å². The summed E-state index contributed by atoms with van der Waals surface area (Å²) in [5.74, 6) is -0.274. The van der Waals surface area contributed by atoms with Gasteiger partial charge in [0.25, 0.3) is 0 Å². The first kappa shape index (κ1) is 22.9. The van der Waals surface area contributed by atoms with Crippen molar-refractivity contribution in [3.63, 3.8) is 0 Å². The maximum Gasteiger partial charge on any atom is 0.315 e. The highest BCUT2D eigenvalue weighted by molar-refractivity contribution is 7.89. The molecule has 0 unspecified atom stereocenters. The number of hydrogen-bond donors (Lipinski definition) is 3. The molecule has 0 heterocycles. The third-order valence-electron chi connectivity index (χ3n) is 3.64. The van der Waals surface area contributed by atoms with E-state index in [1.54, 1.807) is 26.0 Å². The molecule has 0 aliphatic heterocycles. The fourth-order valence-electron chi connectivity index (χ4n) is 2.36. The number of rotatable bonds is 8. The first-order valence-corrected chi connectivity index (χ1v) is 10.4. The quantitative estimate of drug-likeness (QED) is 0.616. The molecule has 3 amide bonds. The summed E-state index contributed by atoms with van der Waals surface area (Å²) in [5.41, 5.74) is 0.394. The van der Waals surface area contributed by atoms with Crippen LogP contribution in [0, 0.1) is 0 Å². The van der Waals surface area contributed by atoms with E-state index in [2.05, 4.69) is 16.0 Å². The normalized spacial score (nSPS) is 11.9. The van der Waals surface area contributed by atoms with Crippen LogP contribution in [0.2, 0.25) is 0 Å². The zero-order chi connectivity index (χ0) is 20.7. The van der Waals surface area contributed by atoms with E-state index in [-0.39, 0.29) is 29.4 Å². The van der Waals surface area contributed by atoms with Crippen molar-refractivity contribution in [3.05, 3.63) is 29.8 Å². The van der Waals surface area contributed by atoms with Gasteiger partial charge in [0.05, 0.1) is 11.4 Å². The number of carbonyl (C=O) groups is 2. The number of benzene rings is 1. The predicted molar refractivity (Wildman–Crippen MR) is 105 cm³/mol. The van der Waals surface area contributed by atoms with E-state index in [1.165, 1.54) is 16.4 Å². The third kappa shape index (κ3) is 7.56. The Morgan fingerprint density at radius 2 is 1.56 bits per heavy atom. The van der Waals surface area contributed by atoms with Crippen LogP contribution in [0.1, 0.15) is 40.2 Å². The molecule has 0 radical (unpaired) electrons. The summed E-state index contributed by atoms with van der Waals surface area (Å²) in [6.07, 6.45) is 0. The minimum Gasteiger partial charge on any atom is -0.350 e. The van der Waals surface area contributed by atoms with Crippen molar-refractivity contribution in [1.82, 2.24) is 20.3 Å². The lowest BCUT2D eigenvalue weighted by Gasteiger charge is -2.20. The fourth-order valence-corrected chi connectivity index (χ4v) is 3.82. The molecule has 152 valence electrons. The Bertz CT molecular complexity index is 736. The Hall–Kier alpha value is -2.13. The van der Waals surface area contributed by atoms with E-state index in [0.29, 0.717) is 13.1 Å². The van der Waals surface area contributed by atoms with Crippen LogP contribution in [-0.2, 0) is 21.4 Å². The Labute approximate surface area is 161 Å². The fraction of sp³-hybridized carbons (Fsp3) is 0.556. The molecule has 1 aromatic rings. The first-order chi connectivity index (χ1) is 12.5. The van der Waals surface area contributed by atoms with Crippen molar-refractivity contribution in [1.29, 1.82) is 0 Å². The largest absolute Gasteiger partial charge is 0.350 e. The monoisotopic (exact) mass is 398 g/mol. The molecule has 0 aromatic heterocycles. The van der Waals surface area contributed by atoms with E-state index in [0.717, 1.165) is 5.56 Å². The number of nitrogens with zero attached hydrogens (tertiary/aromatic N) is 1. The lowest BCUT2D eigenvalue weighted by atomic mass is 10.1. The zero-order valence-electron chi connectivity index (χ0n) is 16.6. The molecular formula is C18H30N4O4S. The third-order valence-corrected chi connectivity index (χ3v) is 5.71. The van der Waals surface area contributed by atoms with Gasteiger partial charge in [0.15, 0.2) is 0 Å². The molecule has 9 heteroatoms. The Morgan fingerprint density at radius 1 is 1.00 bits per heavy atom. The van der Waals surface area contributed by atoms with Gasteiger partial charge in [0, 0.05) is 25.2 Å². The molecule has 8 nitrogen and oxygen atoms in total. The van der Waals surface area contributed by atoms with Crippen LogP contribution in [0.3, 0.4) is 0 Å². The van der Waals surface area contributed by atoms with Crippen LogP contribution in [0.25, 0.3) is 0 Å². The number of urea groups is 1. The molecule has 1 aromatic carbocycles. The highest BCUT2D eigenvalue weighted by atomic mass is 32.2. The van der Waals surface area contributed by atoms with Crippen molar-refractivity contribution < 1.29 is 18.0 Å². The van der Waals surface area contributed by atoms with Crippen LogP contribution in [0.4, 0.5) is 4.79 Å². The lowest BCUT2D eigenvalue weighted by molar-refractivity contribution is -0.121. The van der Waals surface area contributed by atoms with Gasteiger partial charge in [0.1, 0.15) is 0 Å². The second-order valence-electron chi connectivity index (χ2n) is 7.07. The number of nitrogens with one attached hydrogen (secondary N) is 3. The van der Waals surface area contributed by atoms with E-state index in [1.807, 2.05) is 20.8 Å². The molecule has 0 bridgehead atoms. The number of hydrogen-bond acceptors (Lipinski definition) is 4.